The van der Waals surface area contributed by atoms with Crippen molar-refractivity contribution in [2.24, 2.45) is 0 Å². The molecule has 0 aliphatic rings. The second kappa shape index (κ2) is 21.9. The van der Waals surface area contributed by atoms with Crippen LogP contribution < -0.4 is 0 Å². The van der Waals surface area contributed by atoms with Crippen LogP contribution in [-0.4, -0.2) is 67.5 Å². The van der Waals surface area contributed by atoms with Gasteiger partial charge in [0.1, 0.15) is 6.61 Å². The van der Waals surface area contributed by atoms with Gasteiger partial charge in [-0.05, 0) is 32.1 Å². The second-order valence-corrected chi connectivity index (χ2v) is 9.98. The van der Waals surface area contributed by atoms with Crippen molar-refractivity contribution < 1.29 is 27.6 Å². The second-order valence-electron chi connectivity index (χ2n) is 8.41. The van der Waals surface area contributed by atoms with Crippen LogP contribution >= 0.6 is 0 Å². The van der Waals surface area contributed by atoms with Crippen LogP contribution in [0.15, 0.2) is 12.2 Å². The first-order valence-corrected chi connectivity index (χ1v) is 14.1. The van der Waals surface area contributed by atoms with Gasteiger partial charge in [0, 0.05) is 26.1 Å². The van der Waals surface area contributed by atoms with E-state index in [-0.39, 0.29) is 32.3 Å². The first-order valence-electron chi connectivity index (χ1n) is 12.5. The molecule has 0 heterocycles. The lowest BCUT2D eigenvalue weighted by molar-refractivity contribution is -0.144. The summed E-state index contributed by atoms with van der Waals surface area (Å²) in [5.74, 6) is -0.656. The van der Waals surface area contributed by atoms with Gasteiger partial charge >= 0.3 is 5.97 Å². The van der Waals surface area contributed by atoms with Crippen molar-refractivity contribution in [1.29, 1.82) is 0 Å². The molecule has 0 saturated carbocycles. The van der Waals surface area contributed by atoms with E-state index in [0.717, 1.165) is 25.7 Å². The molecule has 2 N–H and O–H groups in total. The zero-order chi connectivity index (χ0) is 23.9. The Bertz CT molecular complexity index is 565. The van der Waals surface area contributed by atoms with E-state index in [9.17, 15) is 13.2 Å². The number of nitrogens with zero attached hydrogens (tertiary/aromatic N) is 1. The Hall–Kier alpha value is -0.960. The highest BCUT2D eigenvalue weighted by Gasteiger charge is 2.11. The smallest absolute Gasteiger partial charge is 0.305 e. The number of ether oxygens (including phenoxy) is 1. The summed E-state index contributed by atoms with van der Waals surface area (Å²) < 4.78 is 35.6. The molecular formula is C24H47NO6S. The number of hydrogen-bond acceptors (Lipinski definition) is 6. The third kappa shape index (κ3) is 23.7. The quantitative estimate of drug-likeness (QED) is 0.0947. The molecule has 0 bridgehead atoms. The molecule has 0 unspecified atom stereocenters. The number of unbranched alkanes of at least 4 members (excludes halogenated alkanes) is 11. The number of esters is 1. The maximum Gasteiger partial charge on any atom is 0.305 e. The van der Waals surface area contributed by atoms with Crippen LogP contribution in [0.25, 0.3) is 0 Å². The highest BCUT2D eigenvalue weighted by molar-refractivity contribution is 7.85. The first kappa shape index (κ1) is 31.0. The molecule has 0 atom stereocenters. The zero-order valence-electron chi connectivity index (χ0n) is 20.2. The summed E-state index contributed by atoms with van der Waals surface area (Å²) in [5.41, 5.74) is 0. The molecule has 0 rings (SSSR count). The molecule has 0 spiro atoms. The number of aliphatic hydroxyl groups excluding tert-OH is 1. The standard InChI is InChI=1S/C24H47NO6S/c1-2-3-4-5-6-7-8-9-10-11-12-13-14-15-16-17-24(27)31-22-19-25(18-21-26)20-23-32(28,29)30/h9-10,26H,2-8,11-23H2,1H3,(H,28,29,30)/b10-9+. The molecule has 32 heavy (non-hydrogen) atoms. The van der Waals surface area contributed by atoms with Gasteiger partial charge in [0.15, 0.2) is 0 Å². The van der Waals surface area contributed by atoms with Gasteiger partial charge in [-0.15, -0.1) is 0 Å². The van der Waals surface area contributed by atoms with Crippen LogP contribution in [0.4, 0.5) is 0 Å². The van der Waals surface area contributed by atoms with Gasteiger partial charge in [0.2, 0.25) is 0 Å². The van der Waals surface area contributed by atoms with Crippen LogP contribution in [0.5, 0.6) is 0 Å². The Balaban J connectivity index is 3.54. The Morgan fingerprint density at radius 2 is 1.41 bits per heavy atom. The van der Waals surface area contributed by atoms with Crippen molar-refractivity contribution in [3.63, 3.8) is 0 Å². The number of hydrogen-bond donors (Lipinski definition) is 2. The van der Waals surface area contributed by atoms with Gasteiger partial charge in [-0.2, -0.15) is 8.42 Å². The molecule has 0 aliphatic heterocycles. The van der Waals surface area contributed by atoms with Gasteiger partial charge in [0.25, 0.3) is 10.1 Å². The Morgan fingerprint density at radius 1 is 0.844 bits per heavy atom. The van der Waals surface area contributed by atoms with E-state index in [1.165, 1.54) is 57.8 Å². The van der Waals surface area contributed by atoms with Crippen LogP contribution in [0.3, 0.4) is 0 Å². The minimum Gasteiger partial charge on any atom is -0.464 e. The molecule has 0 radical (unpaired) electrons. The number of allylic oxidation sites excluding steroid dienone is 2. The largest absolute Gasteiger partial charge is 0.464 e. The van der Waals surface area contributed by atoms with E-state index < -0.39 is 15.9 Å². The average molecular weight is 478 g/mol. The number of aliphatic hydroxyl groups is 1. The summed E-state index contributed by atoms with van der Waals surface area (Å²) >= 11 is 0. The highest BCUT2D eigenvalue weighted by Crippen LogP contribution is 2.10. The molecule has 7 nitrogen and oxygen atoms in total. The van der Waals surface area contributed by atoms with Crippen molar-refractivity contribution in [1.82, 2.24) is 4.90 Å². The maximum absolute atomic E-state index is 11.8. The molecule has 190 valence electrons. The number of carbonyl (C=O) groups excluding carboxylic acids is 1. The molecule has 0 amide bonds. The van der Waals surface area contributed by atoms with E-state index in [4.69, 9.17) is 14.4 Å². The van der Waals surface area contributed by atoms with Gasteiger partial charge < -0.3 is 9.84 Å². The van der Waals surface area contributed by atoms with Crippen molar-refractivity contribution in [3.8, 4) is 0 Å². The van der Waals surface area contributed by atoms with Crippen molar-refractivity contribution in [3.05, 3.63) is 12.2 Å². The van der Waals surface area contributed by atoms with E-state index >= 15 is 0 Å². The highest BCUT2D eigenvalue weighted by atomic mass is 32.2. The first-order chi connectivity index (χ1) is 15.4. The average Bonchev–Trinajstić information content (AvgIpc) is 2.74. The molecule has 0 fully saturated rings. The minimum atomic E-state index is -4.05. The SMILES string of the molecule is CCCCCCCC/C=C/CCCCCCCC(=O)OCCN(CCO)CCS(=O)(=O)O. The molecule has 0 aliphatic carbocycles. The van der Waals surface area contributed by atoms with E-state index in [1.807, 2.05) is 0 Å². The monoisotopic (exact) mass is 477 g/mol. The van der Waals surface area contributed by atoms with Gasteiger partial charge in [-0.3, -0.25) is 14.2 Å². The van der Waals surface area contributed by atoms with Crippen molar-refractivity contribution in [2.45, 2.75) is 96.8 Å². The normalized spacial score (nSPS) is 12.1. The Kier molecular flexibility index (Phi) is 21.2. The summed E-state index contributed by atoms with van der Waals surface area (Å²) in [6.45, 7) is 2.95. The predicted molar refractivity (Wildman–Crippen MR) is 130 cm³/mol. The fourth-order valence-corrected chi connectivity index (χ4v) is 3.91. The van der Waals surface area contributed by atoms with E-state index in [0.29, 0.717) is 13.0 Å². The number of rotatable bonds is 23. The summed E-state index contributed by atoms with van der Waals surface area (Å²) in [6.07, 6.45) is 20.8. The van der Waals surface area contributed by atoms with Gasteiger partial charge in [0.05, 0.1) is 12.4 Å². The Morgan fingerprint density at radius 3 is 1.97 bits per heavy atom. The topological polar surface area (TPSA) is 104 Å². The minimum absolute atomic E-state index is 0.0885. The van der Waals surface area contributed by atoms with Crippen LogP contribution in [-0.2, 0) is 19.6 Å². The van der Waals surface area contributed by atoms with Crippen molar-refractivity contribution in [2.75, 3.05) is 38.6 Å². The predicted octanol–water partition coefficient (Wildman–Crippen LogP) is 4.75. The summed E-state index contributed by atoms with van der Waals surface area (Å²) in [6, 6.07) is 0. The Labute approximate surface area is 196 Å². The summed E-state index contributed by atoms with van der Waals surface area (Å²) in [4.78, 5) is 13.4. The number of carbonyl (C=O) groups is 1. The van der Waals surface area contributed by atoms with Crippen LogP contribution in [0, 0.1) is 0 Å². The van der Waals surface area contributed by atoms with E-state index in [1.54, 1.807) is 4.90 Å². The maximum atomic E-state index is 11.8. The molecule has 0 aromatic heterocycles. The molecule has 0 saturated heterocycles. The third-order valence-corrected chi connectivity index (χ3v) is 6.09. The molecular weight excluding hydrogens is 430 g/mol. The van der Waals surface area contributed by atoms with E-state index in [2.05, 4.69) is 19.1 Å². The lowest BCUT2D eigenvalue weighted by Crippen LogP contribution is -2.35. The molecule has 8 heteroatoms. The van der Waals surface area contributed by atoms with Gasteiger partial charge in [-0.25, -0.2) is 0 Å². The fourth-order valence-electron chi connectivity index (χ4n) is 3.42. The lowest BCUT2D eigenvalue weighted by atomic mass is 10.1. The zero-order valence-corrected chi connectivity index (χ0v) is 21.0. The van der Waals surface area contributed by atoms with Gasteiger partial charge in [-0.1, -0.05) is 70.4 Å². The third-order valence-electron chi connectivity index (χ3n) is 5.39. The van der Waals surface area contributed by atoms with Crippen LogP contribution in [0.2, 0.25) is 0 Å². The molecule has 0 aromatic carbocycles. The summed E-state index contributed by atoms with van der Waals surface area (Å²) in [7, 11) is -4.05. The van der Waals surface area contributed by atoms with Crippen molar-refractivity contribution >= 4 is 16.1 Å². The van der Waals surface area contributed by atoms with Crippen LogP contribution in [0.1, 0.15) is 96.8 Å². The lowest BCUT2D eigenvalue weighted by Gasteiger charge is -2.20. The molecule has 0 aromatic rings. The summed E-state index contributed by atoms with van der Waals surface area (Å²) in [5, 5.41) is 9.01. The fraction of sp³-hybridized carbons (Fsp3) is 0.875.